The Bertz CT molecular complexity index is 1060. The minimum absolute atomic E-state index is 0.0253. The van der Waals surface area contributed by atoms with Crippen LogP contribution >= 0.6 is 0 Å². The Morgan fingerprint density at radius 1 is 1.07 bits per heavy atom. The normalized spacial score (nSPS) is 15.6. The van der Waals surface area contributed by atoms with Crippen LogP contribution in [0.25, 0.3) is 9.65 Å². The molecule has 1 fully saturated rings. The molecule has 0 saturated carbocycles. The molecule has 30 heavy (non-hydrogen) atoms. The fraction of sp³-hybridized carbons (Fsp3) is 0.458. The molecule has 4 rings (SSSR count). The van der Waals surface area contributed by atoms with E-state index in [1.807, 2.05) is 15.7 Å². The molecule has 0 unspecified atom stereocenters. The molecule has 1 aromatic heterocycles. The van der Waals surface area contributed by atoms with Gasteiger partial charge < -0.3 is 0 Å². The monoisotopic (exact) mass is 474 g/mol. The van der Waals surface area contributed by atoms with Crippen molar-refractivity contribution in [3.05, 3.63) is 57.9 Å². The van der Waals surface area contributed by atoms with Gasteiger partial charge >= 0.3 is 184 Å². The summed E-state index contributed by atoms with van der Waals surface area (Å²) in [5.74, 6) is 2.03. The number of rotatable bonds is 7. The average molecular weight is 473 g/mol. The van der Waals surface area contributed by atoms with E-state index in [0.717, 1.165) is 42.2 Å². The molecule has 160 valence electrons. The first kappa shape index (κ1) is 21.2. The van der Waals surface area contributed by atoms with Gasteiger partial charge in [-0.2, -0.15) is 0 Å². The van der Waals surface area contributed by atoms with E-state index in [0.29, 0.717) is 17.4 Å². The third-order valence-electron chi connectivity index (χ3n) is 6.25. The van der Waals surface area contributed by atoms with E-state index in [1.54, 1.807) is 14.2 Å². The summed E-state index contributed by atoms with van der Waals surface area (Å²) >= 11 is 0.0253. The average Bonchev–Trinajstić information content (AvgIpc) is 3.08. The molecular weight excluding hydrogens is 443 g/mol. The maximum atomic E-state index is 12.9. The van der Waals surface area contributed by atoms with E-state index in [2.05, 4.69) is 36.1 Å². The van der Waals surface area contributed by atoms with E-state index in [9.17, 15) is 4.79 Å². The van der Waals surface area contributed by atoms with Gasteiger partial charge in [0.1, 0.15) is 0 Å². The summed E-state index contributed by atoms with van der Waals surface area (Å²) in [5, 5.41) is 0.778. The van der Waals surface area contributed by atoms with Gasteiger partial charge in [0.15, 0.2) is 0 Å². The van der Waals surface area contributed by atoms with Crippen LogP contribution in [0.2, 0.25) is 0 Å². The summed E-state index contributed by atoms with van der Waals surface area (Å²) in [4.78, 5) is 15.4. The molecule has 5 nitrogen and oxygen atoms in total. The predicted octanol–water partition coefficient (Wildman–Crippen LogP) is 3.69. The number of hydrogen-bond acceptors (Lipinski definition) is 4. The molecule has 3 aromatic rings. The number of likely N-dealkylation sites (tertiary alicyclic amines) is 1. The summed E-state index contributed by atoms with van der Waals surface area (Å²) in [6.45, 7) is 6.38. The number of nitrogens with zero attached hydrogens (tertiary/aromatic N) is 2. The Balaban J connectivity index is 1.35. The maximum absolute atomic E-state index is 12.9. The van der Waals surface area contributed by atoms with Crippen molar-refractivity contribution in [2.45, 2.75) is 39.3 Å². The standard InChI is InChI=1S/C24H30N2O3Se/c1-17-6-4-5-7-19(17)16-25-11-8-18(9-12-25)10-13-26-24(27)20-14-21(28-2)22(29-3)15-23(20)30-26/h4-7,14-15,18H,8-13,16H2,1-3H3. The van der Waals surface area contributed by atoms with E-state index in [1.165, 1.54) is 24.0 Å². The van der Waals surface area contributed by atoms with Crippen LogP contribution in [0.5, 0.6) is 11.5 Å². The van der Waals surface area contributed by atoms with E-state index < -0.39 is 0 Å². The van der Waals surface area contributed by atoms with Crippen molar-refractivity contribution >= 4 is 24.4 Å². The van der Waals surface area contributed by atoms with Crippen molar-refractivity contribution in [3.63, 3.8) is 0 Å². The van der Waals surface area contributed by atoms with Crippen molar-refractivity contribution in [1.29, 1.82) is 0 Å². The molecule has 1 aliphatic rings. The summed E-state index contributed by atoms with van der Waals surface area (Å²) < 4.78 is 13.9. The van der Waals surface area contributed by atoms with Crippen LogP contribution in [0.15, 0.2) is 41.2 Å². The van der Waals surface area contributed by atoms with E-state index >= 15 is 0 Å². The van der Waals surface area contributed by atoms with Crippen LogP contribution in [-0.2, 0) is 13.1 Å². The Kier molecular flexibility index (Phi) is 6.67. The summed E-state index contributed by atoms with van der Waals surface area (Å²) in [6.07, 6.45) is 3.53. The van der Waals surface area contributed by atoms with Gasteiger partial charge in [-0.1, -0.05) is 0 Å². The van der Waals surface area contributed by atoms with Crippen molar-refractivity contribution in [3.8, 4) is 11.5 Å². The van der Waals surface area contributed by atoms with Crippen LogP contribution in [0.1, 0.15) is 30.4 Å². The van der Waals surface area contributed by atoms with Gasteiger partial charge in [0.2, 0.25) is 0 Å². The Morgan fingerprint density at radius 3 is 2.47 bits per heavy atom. The first-order valence-electron chi connectivity index (χ1n) is 10.6. The molecule has 0 bridgehead atoms. The zero-order chi connectivity index (χ0) is 21.1. The summed E-state index contributed by atoms with van der Waals surface area (Å²) in [7, 11) is 3.25. The molecule has 1 aliphatic heterocycles. The molecule has 0 amide bonds. The Labute approximate surface area is 184 Å². The number of hydrogen-bond donors (Lipinski definition) is 0. The number of aromatic nitrogens is 1. The fourth-order valence-electron chi connectivity index (χ4n) is 4.31. The van der Waals surface area contributed by atoms with Crippen molar-refractivity contribution in [2.24, 2.45) is 5.92 Å². The van der Waals surface area contributed by atoms with Crippen LogP contribution < -0.4 is 15.0 Å². The number of aryl methyl sites for hydroxylation is 2. The molecule has 0 atom stereocenters. The van der Waals surface area contributed by atoms with Gasteiger partial charge in [0.25, 0.3) is 0 Å². The van der Waals surface area contributed by atoms with Crippen molar-refractivity contribution < 1.29 is 9.47 Å². The Hall–Kier alpha value is -2.01. The molecule has 0 aliphatic carbocycles. The second-order valence-electron chi connectivity index (χ2n) is 8.14. The van der Waals surface area contributed by atoms with Gasteiger partial charge in [0.05, 0.1) is 0 Å². The third kappa shape index (κ3) is 4.51. The van der Waals surface area contributed by atoms with Crippen molar-refractivity contribution in [1.82, 2.24) is 8.46 Å². The molecule has 0 spiro atoms. The number of methoxy groups -OCH3 is 2. The number of benzene rings is 2. The van der Waals surface area contributed by atoms with Crippen LogP contribution in [0.3, 0.4) is 0 Å². The summed E-state index contributed by atoms with van der Waals surface area (Å²) in [6, 6.07) is 12.5. The molecule has 2 aromatic carbocycles. The van der Waals surface area contributed by atoms with Crippen molar-refractivity contribution in [2.75, 3.05) is 27.3 Å². The number of fused-ring (bicyclic) bond motifs is 1. The van der Waals surface area contributed by atoms with E-state index in [4.69, 9.17) is 9.47 Å². The SMILES string of the molecule is COc1cc2[se]n(CCC3CCN(Cc4ccccc4C)CC3)c(=O)c2cc1OC. The summed E-state index contributed by atoms with van der Waals surface area (Å²) in [5.41, 5.74) is 2.95. The predicted molar refractivity (Wildman–Crippen MR) is 122 cm³/mol. The molecular formula is C24H30N2O3Se. The minimum atomic E-state index is 0.0253. The van der Waals surface area contributed by atoms with Gasteiger partial charge in [-0.05, 0) is 0 Å². The van der Waals surface area contributed by atoms with Gasteiger partial charge in [0, 0.05) is 0 Å². The van der Waals surface area contributed by atoms with Crippen LogP contribution in [0.4, 0.5) is 0 Å². The molecule has 1 saturated heterocycles. The van der Waals surface area contributed by atoms with Crippen LogP contribution in [0, 0.1) is 12.8 Å². The molecule has 6 heteroatoms. The number of ether oxygens (including phenoxy) is 2. The Morgan fingerprint density at radius 2 is 1.77 bits per heavy atom. The van der Waals surface area contributed by atoms with Gasteiger partial charge in [-0.25, -0.2) is 0 Å². The number of piperidine rings is 1. The molecule has 0 radical (unpaired) electrons. The molecule has 2 heterocycles. The second kappa shape index (κ2) is 9.42. The first-order chi connectivity index (χ1) is 14.6. The second-order valence-corrected chi connectivity index (χ2v) is 10.4. The zero-order valence-electron chi connectivity index (χ0n) is 18.0. The van der Waals surface area contributed by atoms with Gasteiger partial charge in [-0.3, -0.25) is 0 Å². The first-order valence-corrected chi connectivity index (χ1v) is 12.2. The fourth-order valence-corrected chi connectivity index (χ4v) is 6.45. The van der Waals surface area contributed by atoms with Crippen LogP contribution in [-0.4, -0.2) is 50.5 Å². The topological polar surface area (TPSA) is 43.7 Å². The third-order valence-corrected chi connectivity index (χ3v) is 8.57. The molecule has 0 N–H and O–H groups in total. The van der Waals surface area contributed by atoms with Gasteiger partial charge in [-0.15, -0.1) is 0 Å². The quantitative estimate of drug-likeness (QED) is 0.491. The zero-order valence-corrected chi connectivity index (χ0v) is 19.7. The van der Waals surface area contributed by atoms with E-state index in [-0.39, 0.29) is 20.3 Å².